The molecule has 1 unspecified atom stereocenters. The van der Waals surface area contributed by atoms with Gasteiger partial charge in [0.1, 0.15) is 5.01 Å². The van der Waals surface area contributed by atoms with Crippen molar-refractivity contribution >= 4 is 17.0 Å². The van der Waals surface area contributed by atoms with E-state index in [4.69, 9.17) is 0 Å². The highest BCUT2D eigenvalue weighted by Crippen LogP contribution is 2.29. The highest BCUT2D eigenvalue weighted by molar-refractivity contribution is 7.15. The van der Waals surface area contributed by atoms with Gasteiger partial charge in [-0.25, -0.2) is 4.98 Å². The van der Waals surface area contributed by atoms with Gasteiger partial charge < -0.3 is 5.32 Å². The monoisotopic (exact) mass is 277 g/mol. The second-order valence-corrected chi connectivity index (χ2v) is 5.21. The molecule has 100 valence electrons. The lowest BCUT2D eigenvalue weighted by molar-refractivity contribution is -0.384. The SMILES string of the molecule is CCNC(C)c1cnc(-c2ccc([N+](=O)[O-])cc2)s1. The van der Waals surface area contributed by atoms with E-state index < -0.39 is 4.92 Å². The summed E-state index contributed by atoms with van der Waals surface area (Å²) in [6.45, 7) is 5.07. The zero-order chi connectivity index (χ0) is 13.8. The number of rotatable bonds is 5. The normalized spacial score (nSPS) is 12.3. The Balaban J connectivity index is 2.20. The predicted octanol–water partition coefficient (Wildman–Crippen LogP) is 3.39. The highest BCUT2D eigenvalue weighted by atomic mass is 32.1. The molecule has 1 N–H and O–H groups in total. The molecule has 0 fully saturated rings. The summed E-state index contributed by atoms with van der Waals surface area (Å²) in [5.74, 6) is 0. The third-order valence-corrected chi connectivity index (χ3v) is 4.01. The second-order valence-electron chi connectivity index (χ2n) is 4.15. The molecule has 0 saturated heterocycles. The summed E-state index contributed by atoms with van der Waals surface area (Å²) in [4.78, 5) is 15.7. The summed E-state index contributed by atoms with van der Waals surface area (Å²) in [5.41, 5.74) is 1.01. The number of non-ortho nitro benzene ring substituents is 1. The van der Waals surface area contributed by atoms with E-state index in [1.807, 2.05) is 6.20 Å². The van der Waals surface area contributed by atoms with Gasteiger partial charge in [0.25, 0.3) is 5.69 Å². The van der Waals surface area contributed by atoms with Crippen molar-refractivity contribution in [2.24, 2.45) is 0 Å². The van der Waals surface area contributed by atoms with Crippen LogP contribution in [-0.4, -0.2) is 16.5 Å². The van der Waals surface area contributed by atoms with Gasteiger partial charge in [0.05, 0.1) is 4.92 Å². The Kier molecular flexibility index (Phi) is 4.24. The van der Waals surface area contributed by atoms with Crippen molar-refractivity contribution in [2.75, 3.05) is 6.54 Å². The summed E-state index contributed by atoms with van der Waals surface area (Å²) < 4.78 is 0. The molecule has 1 heterocycles. The lowest BCUT2D eigenvalue weighted by Crippen LogP contribution is -2.16. The average molecular weight is 277 g/mol. The molecule has 1 aromatic carbocycles. The average Bonchev–Trinajstić information content (AvgIpc) is 2.89. The van der Waals surface area contributed by atoms with Gasteiger partial charge in [0.15, 0.2) is 0 Å². The quantitative estimate of drug-likeness (QED) is 0.672. The molecule has 6 heteroatoms. The Labute approximate surface area is 115 Å². The topological polar surface area (TPSA) is 68.1 Å². The first-order valence-electron chi connectivity index (χ1n) is 6.05. The van der Waals surface area contributed by atoms with E-state index in [0.717, 1.165) is 22.0 Å². The van der Waals surface area contributed by atoms with Crippen LogP contribution >= 0.6 is 11.3 Å². The smallest absolute Gasteiger partial charge is 0.269 e. The standard InChI is InChI=1S/C13H15N3O2S/c1-3-14-9(2)12-8-15-13(19-12)10-4-6-11(7-5-10)16(17)18/h4-9,14H,3H2,1-2H3. The van der Waals surface area contributed by atoms with Gasteiger partial charge >= 0.3 is 0 Å². The van der Waals surface area contributed by atoms with Crippen LogP contribution in [0.1, 0.15) is 24.8 Å². The number of nitrogens with zero attached hydrogens (tertiary/aromatic N) is 2. The van der Waals surface area contributed by atoms with Gasteiger partial charge in [0.2, 0.25) is 0 Å². The van der Waals surface area contributed by atoms with E-state index in [0.29, 0.717) is 0 Å². The van der Waals surface area contributed by atoms with Crippen LogP contribution in [0.3, 0.4) is 0 Å². The third kappa shape index (κ3) is 3.15. The molecule has 0 saturated carbocycles. The van der Waals surface area contributed by atoms with Crippen LogP contribution < -0.4 is 5.32 Å². The van der Waals surface area contributed by atoms with Crippen molar-refractivity contribution in [3.05, 3.63) is 45.5 Å². The first-order chi connectivity index (χ1) is 9.11. The van der Waals surface area contributed by atoms with E-state index in [-0.39, 0.29) is 11.7 Å². The molecule has 0 radical (unpaired) electrons. The number of thiazole rings is 1. The number of nitro benzene ring substituents is 1. The zero-order valence-corrected chi connectivity index (χ0v) is 11.6. The number of hydrogen-bond acceptors (Lipinski definition) is 5. The maximum Gasteiger partial charge on any atom is 0.269 e. The Hall–Kier alpha value is -1.79. The molecule has 2 aromatic rings. The highest BCUT2D eigenvalue weighted by Gasteiger charge is 2.11. The van der Waals surface area contributed by atoms with Crippen LogP contribution in [0.4, 0.5) is 5.69 Å². The summed E-state index contributed by atoms with van der Waals surface area (Å²) in [7, 11) is 0. The largest absolute Gasteiger partial charge is 0.310 e. The van der Waals surface area contributed by atoms with Crippen LogP contribution in [0.25, 0.3) is 10.6 Å². The number of aromatic nitrogens is 1. The molecule has 0 bridgehead atoms. The summed E-state index contributed by atoms with van der Waals surface area (Å²) in [6, 6.07) is 6.75. The lowest BCUT2D eigenvalue weighted by atomic mass is 10.2. The van der Waals surface area contributed by atoms with Gasteiger partial charge in [0, 0.05) is 34.8 Å². The van der Waals surface area contributed by atoms with E-state index in [2.05, 4.69) is 24.1 Å². The number of nitrogens with one attached hydrogen (secondary N) is 1. The first-order valence-corrected chi connectivity index (χ1v) is 6.87. The van der Waals surface area contributed by atoms with E-state index in [1.165, 1.54) is 12.1 Å². The van der Waals surface area contributed by atoms with Crippen LogP contribution in [-0.2, 0) is 0 Å². The fourth-order valence-corrected chi connectivity index (χ4v) is 2.70. The van der Waals surface area contributed by atoms with Gasteiger partial charge in [-0.15, -0.1) is 11.3 Å². The number of benzene rings is 1. The van der Waals surface area contributed by atoms with Crippen molar-refractivity contribution in [1.29, 1.82) is 0 Å². The fraction of sp³-hybridized carbons (Fsp3) is 0.308. The molecule has 0 aliphatic rings. The van der Waals surface area contributed by atoms with Gasteiger partial charge in [-0.05, 0) is 25.6 Å². The maximum atomic E-state index is 10.6. The molecule has 0 aliphatic carbocycles. The summed E-state index contributed by atoms with van der Waals surface area (Å²) >= 11 is 1.60. The Bertz CT molecular complexity index is 566. The molecule has 0 spiro atoms. The molecule has 0 aliphatic heterocycles. The molecule has 1 aromatic heterocycles. The lowest BCUT2D eigenvalue weighted by Gasteiger charge is -2.08. The van der Waals surface area contributed by atoms with Crippen LogP contribution in [0.15, 0.2) is 30.5 Å². The molecule has 5 nitrogen and oxygen atoms in total. The maximum absolute atomic E-state index is 10.6. The van der Waals surface area contributed by atoms with Gasteiger partial charge in [-0.1, -0.05) is 6.92 Å². The van der Waals surface area contributed by atoms with Crippen molar-refractivity contribution in [3.63, 3.8) is 0 Å². The Morgan fingerprint density at radius 3 is 2.68 bits per heavy atom. The van der Waals surface area contributed by atoms with Crippen molar-refractivity contribution in [3.8, 4) is 10.6 Å². The van der Waals surface area contributed by atoms with Gasteiger partial charge in [-0.3, -0.25) is 10.1 Å². The van der Waals surface area contributed by atoms with Crippen LogP contribution in [0.5, 0.6) is 0 Å². The second kappa shape index (κ2) is 5.90. The molecular formula is C13H15N3O2S. The molecule has 1 atom stereocenters. The first kappa shape index (κ1) is 13.6. The minimum absolute atomic E-state index is 0.0987. The minimum atomic E-state index is -0.399. The van der Waals surface area contributed by atoms with Gasteiger partial charge in [-0.2, -0.15) is 0 Å². The number of hydrogen-bond donors (Lipinski definition) is 1. The molecule has 0 amide bonds. The van der Waals surface area contributed by atoms with Crippen LogP contribution in [0, 0.1) is 10.1 Å². The number of nitro groups is 1. The minimum Gasteiger partial charge on any atom is -0.310 e. The predicted molar refractivity (Wildman–Crippen MR) is 76.3 cm³/mol. The van der Waals surface area contributed by atoms with Crippen LogP contribution in [0.2, 0.25) is 0 Å². The Morgan fingerprint density at radius 1 is 1.42 bits per heavy atom. The van der Waals surface area contributed by atoms with Crippen molar-refractivity contribution in [1.82, 2.24) is 10.3 Å². The fourth-order valence-electron chi connectivity index (χ4n) is 1.75. The molecule has 2 rings (SSSR count). The summed E-state index contributed by atoms with van der Waals surface area (Å²) in [6.07, 6.45) is 1.86. The van der Waals surface area contributed by atoms with E-state index >= 15 is 0 Å². The molecular weight excluding hydrogens is 262 g/mol. The molecule has 19 heavy (non-hydrogen) atoms. The van der Waals surface area contributed by atoms with Crippen molar-refractivity contribution < 1.29 is 4.92 Å². The Morgan fingerprint density at radius 2 is 2.11 bits per heavy atom. The third-order valence-electron chi connectivity index (χ3n) is 2.79. The van der Waals surface area contributed by atoms with E-state index in [1.54, 1.807) is 23.5 Å². The summed E-state index contributed by atoms with van der Waals surface area (Å²) in [5, 5.41) is 14.8. The van der Waals surface area contributed by atoms with E-state index in [9.17, 15) is 10.1 Å². The van der Waals surface area contributed by atoms with Crippen molar-refractivity contribution in [2.45, 2.75) is 19.9 Å². The zero-order valence-electron chi connectivity index (χ0n) is 10.8.